The van der Waals surface area contributed by atoms with Gasteiger partial charge in [-0.05, 0) is 12.8 Å². The minimum Gasteiger partial charge on any atom is -0.394 e. The van der Waals surface area contributed by atoms with Crippen LogP contribution in [0.5, 0.6) is 0 Å². The molecule has 0 aromatic rings. The van der Waals surface area contributed by atoms with Gasteiger partial charge in [-0.25, -0.2) is 0 Å². The van der Waals surface area contributed by atoms with Gasteiger partial charge in [-0.2, -0.15) is 0 Å². The van der Waals surface area contributed by atoms with Crippen molar-refractivity contribution in [1.29, 1.82) is 0 Å². The van der Waals surface area contributed by atoms with Crippen LogP contribution in [0.25, 0.3) is 0 Å². The molecule has 0 aromatic heterocycles. The summed E-state index contributed by atoms with van der Waals surface area (Å²) in [4.78, 5) is 0. The summed E-state index contributed by atoms with van der Waals surface area (Å²) in [7, 11) is 0. The van der Waals surface area contributed by atoms with Gasteiger partial charge in [0.1, 0.15) is 36.6 Å². The van der Waals surface area contributed by atoms with E-state index >= 15 is 0 Å². The van der Waals surface area contributed by atoms with Crippen LogP contribution in [0.3, 0.4) is 0 Å². The van der Waals surface area contributed by atoms with Crippen LogP contribution in [-0.2, 0) is 14.2 Å². The first-order valence-electron chi connectivity index (χ1n) is 7.94. The predicted octanol–water partition coefficient (Wildman–Crippen LogP) is -3.98. The van der Waals surface area contributed by atoms with Crippen molar-refractivity contribution in [3.8, 4) is 0 Å². The van der Waals surface area contributed by atoms with Gasteiger partial charge in [0, 0.05) is 5.41 Å². The molecule has 0 amide bonds. The highest BCUT2D eigenvalue weighted by molar-refractivity contribution is 5.10. The zero-order valence-electron chi connectivity index (χ0n) is 12.9. The third-order valence-corrected chi connectivity index (χ3v) is 5.21. The maximum Gasteiger partial charge on any atom is 0.187 e. The molecule has 7 N–H and O–H groups in total. The van der Waals surface area contributed by atoms with E-state index in [9.17, 15) is 35.7 Å². The third-order valence-electron chi connectivity index (χ3n) is 5.21. The van der Waals surface area contributed by atoms with E-state index in [4.69, 9.17) is 14.2 Å². The van der Waals surface area contributed by atoms with Crippen molar-refractivity contribution in [1.82, 2.24) is 0 Å². The third kappa shape index (κ3) is 2.86. The minimum atomic E-state index is -1.60. The Hall–Kier alpha value is -0.400. The zero-order chi connectivity index (χ0) is 17.6. The van der Waals surface area contributed by atoms with Crippen LogP contribution in [0.1, 0.15) is 12.8 Å². The Labute approximate surface area is 137 Å². The predicted molar refractivity (Wildman–Crippen MR) is 74.3 cm³/mol. The number of ether oxygens (including phenoxy) is 3. The highest BCUT2D eigenvalue weighted by Gasteiger charge is 2.64. The number of aliphatic hydroxyl groups is 7. The molecule has 9 atom stereocenters. The molecule has 2 aliphatic heterocycles. The molecule has 0 bridgehead atoms. The molecule has 0 radical (unpaired) electrons. The van der Waals surface area contributed by atoms with Crippen molar-refractivity contribution in [2.24, 2.45) is 5.41 Å². The SMILES string of the molecule is OCC1O[C@@H](O[C@@H]2C(CO)OC(O)C(O)C23CC3)C(O)C(O)[C@H]1O. The molecule has 10 heteroatoms. The monoisotopic (exact) mass is 352 g/mol. The van der Waals surface area contributed by atoms with E-state index in [2.05, 4.69) is 0 Å². The maximum absolute atomic E-state index is 10.2. The number of rotatable bonds is 4. The molecule has 2 saturated heterocycles. The highest BCUT2D eigenvalue weighted by atomic mass is 16.7. The van der Waals surface area contributed by atoms with Crippen LogP contribution < -0.4 is 0 Å². The van der Waals surface area contributed by atoms with Crippen molar-refractivity contribution in [3.05, 3.63) is 0 Å². The Bertz CT molecular complexity index is 441. The Morgan fingerprint density at radius 3 is 2.00 bits per heavy atom. The topological polar surface area (TPSA) is 169 Å². The fourth-order valence-electron chi connectivity index (χ4n) is 3.56. The van der Waals surface area contributed by atoms with Gasteiger partial charge in [-0.15, -0.1) is 0 Å². The van der Waals surface area contributed by atoms with Crippen molar-refractivity contribution < 1.29 is 50.0 Å². The molecule has 3 aliphatic rings. The Balaban J connectivity index is 1.78. The Kier molecular flexibility index (Phi) is 5.15. The van der Waals surface area contributed by atoms with E-state index in [0.717, 1.165) is 0 Å². The van der Waals surface area contributed by atoms with E-state index in [1.54, 1.807) is 0 Å². The summed E-state index contributed by atoms with van der Waals surface area (Å²) < 4.78 is 16.1. The van der Waals surface area contributed by atoms with Crippen molar-refractivity contribution >= 4 is 0 Å². The molecule has 140 valence electrons. The van der Waals surface area contributed by atoms with Crippen LogP contribution >= 0.6 is 0 Å². The number of aliphatic hydroxyl groups excluding tert-OH is 7. The van der Waals surface area contributed by atoms with E-state index in [-0.39, 0.29) is 0 Å². The largest absolute Gasteiger partial charge is 0.394 e. The molecule has 3 rings (SSSR count). The summed E-state index contributed by atoms with van der Waals surface area (Å²) in [6, 6.07) is 0. The Morgan fingerprint density at radius 1 is 0.833 bits per heavy atom. The van der Waals surface area contributed by atoms with Gasteiger partial charge in [-0.3, -0.25) is 0 Å². The van der Waals surface area contributed by atoms with Gasteiger partial charge in [0.2, 0.25) is 0 Å². The van der Waals surface area contributed by atoms with Crippen LogP contribution in [0, 0.1) is 5.41 Å². The molecule has 1 saturated carbocycles. The molecule has 2 heterocycles. The van der Waals surface area contributed by atoms with Gasteiger partial charge < -0.3 is 50.0 Å². The molecule has 3 fully saturated rings. The lowest BCUT2D eigenvalue weighted by molar-refractivity contribution is -0.354. The summed E-state index contributed by atoms with van der Waals surface area (Å²) in [6.45, 7) is -1.09. The highest BCUT2D eigenvalue weighted by Crippen LogP contribution is 2.57. The van der Waals surface area contributed by atoms with E-state index in [0.29, 0.717) is 12.8 Å². The first-order valence-corrected chi connectivity index (χ1v) is 7.94. The Morgan fingerprint density at radius 2 is 1.46 bits per heavy atom. The lowest BCUT2D eigenvalue weighted by atomic mass is 9.85. The smallest absolute Gasteiger partial charge is 0.187 e. The van der Waals surface area contributed by atoms with Gasteiger partial charge in [0.25, 0.3) is 0 Å². The molecule has 1 spiro atoms. The zero-order valence-corrected chi connectivity index (χ0v) is 12.9. The minimum absolute atomic E-state index is 0.492. The van der Waals surface area contributed by atoms with Crippen LogP contribution in [-0.4, -0.2) is 104 Å². The summed E-state index contributed by atoms with van der Waals surface area (Å²) in [5.41, 5.74) is -0.843. The molecule has 0 aromatic carbocycles. The average Bonchev–Trinajstić information content (AvgIpc) is 3.37. The van der Waals surface area contributed by atoms with Crippen molar-refractivity contribution in [2.75, 3.05) is 13.2 Å². The molecule has 6 unspecified atom stereocenters. The molecular formula is C14H24O10. The second-order valence-corrected chi connectivity index (χ2v) is 6.68. The maximum atomic E-state index is 10.2. The molecule has 24 heavy (non-hydrogen) atoms. The second-order valence-electron chi connectivity index (χ2n) is 6.68. The standard InChI is InChI=1S/C14H24O10/c15-3-5-7(17)8(18)9(19)13(23-5)24-11-6(4-16)22-12(21)10(20)14(11)1-2-14/h5-13,15-21H,1-4H2/t5?,6?,7-,8?,9?,10?,11+,12?,13-/m0/s1. The molecule has 10 nitrogen and oxygen atoms in total. The van der Waals surface area contributed by atoms with Gasteiger partial charge >= 0.3 is 0 Å². The lowest BCUT2D eigenvalue weighted by Crippen LogP contribution is -2.63. The molecular weight excluding hydrogens is 328 g/mol. The van der Waals surface area contributed by atoms with Gasteiger partial charge in [0.15, 0.2) is 12.6 Å². The second kappa shape index (κ2) is 6.72. The van der Waals surface area contributed by atoms with Crippen LogP contribution in [0.15, 0.2) is 0 Å². The summed E-state index contributed by atoms with van der Waals surface area (Å²) in [6.07, 6.45) is -10.7. The van der Waals surface area contributed by atoms with Crippen molar-refractivity contribution in [2.45, 2.75) is 68.1 Å². The summed E-state index contributed by atoms with van der Waals surface area (Å²) in [5, 5.41) is 68.3. The molecule has 1 aliphatic carbocycles. The van der Waals surface area contributed by atoms with Crippen molar-refractivity contribution in [3.63, 3.8) is 0 Å². The fraction of sp³-hybridized carbons (Fsp3) is 1.00. The lowest BCUT2D eigenvalue weighted by Gasteiger charge is -2.47. The number of hydrogen-bond acceptors (Lipinski definition) is 10. The van der Waals surface area contributed by atoms with E-state index in [1.807, 2.05) is 0 Å². The first-order chi connectivity index (χ1) is 11.4. The van der Waals surface area contributed by atoms with Crippen LogP contribution in [0.4, 0.5) is 0 Å². The summed E-state index contributed by atoms with van der Waals surface area (Å²) >= 11 is 0. The number of hydrogen-bond donors (Lipinski definition) is 7. The summed E-state index contributed by atoms with van der Waals surface area (Å²) in [5.74, 6) is 0. The van der Waals surface area contributed by atoms with Gasteiger partial charge in [-0.1, -0.05) is 0 Å². The normalized spacial score (nSPS) is 50.9. The van der Waals surface area contributed by atoms with Crippen LogP contribution in [0.2, 0.25) is 0 Å². The van der Waals surface area contributed by atoms with E-state index < -0.39 is 73.9 Å². The van der Waals surface area contributed by atoms with E-state index in [1.165, 1.54) is 0 Å². The fourth-order valence-corrected chi connectivity index (χ4v) is 3.56. The quantitative estimate of drug-likeness (QED) is 0.265. The van der Waals surface area contributed by atoms with Gasteiger partial charge in [0.05, 0.1) is 19.3 Å². The first kappa shape index (κ1) is 18.4. The average molecular weight is 352 g/mol.